The topological polar surface area (TPSA) is 66.8 Å². The minimum atomic E-state index is -4.55. The molecule has 0 aliphatic carbocycles. The summed E-state index contributed by atoms with van der Waals surface area (Å²) < 4.78 is 44.3. The van der Waals surface area contributed by atoms with Gasteiger partial charge in [-0.2, -0.15) is 13.2 Å². The fourth-order valence-electron chi connectivity index (χ4n) is 2.28. The number of nitrogens with zero attached hydrogens (tertiary/aromatic N) is 1. The molecule has 0 bridgehead atoms. The molecule has 2 rings (SSSR count). The van der Waals surface area contributed by atoms with Crippen LogP contribution in [-0.2, 0) is 11.0 Å². The van der Waals surface area contributed by atoms with Crippen molar-refractivity contribution < 1.29 is 32.6 Å². The molecule has 0 aliphatic heterocycles. The zero-order chi connectivity index (χ0) is 20.2. The van der Waals surface area contributed by atoms with Crippen molar-refractivity contribution in [3.63, 3.8) is 0 Å². The molecule has 1 N–H and O–H groups in total. The molecule has 0 unspecified atom stereocenters. The van der Waals surface area contributed by atoms with E-state index in [1.54, 1.807) is 6.07 Å². The lowest BCUT2D eigenvalue weighted by molar-refractivity contribution is -0.138. The normalized spacial score (nSPS) is 11.1. The zero-order valence-corrected chi connectivity index (χ0v) is 15.7. The van der Waals surface area contributed by atoms with Crippen molar-refractivity contribution in [3.05, 3.63) is 58.1 Å². The number of rotatable bonds is 7. The van der Waals surface area contributed by atoms with Gasteiger partial charge in [-0.25, -0.2) is 4.79 Å². The van der Waals surface area contributed by atoms with E-state index in [4.69, 9.17) is 9.84 Å². The lowest BCUT2D eigenvalue weighted by Crippen LogP contribution is -2.32. The molecule has 0 saturated heterocycles. The van der Waals surface area contributed by atoms with Gasteiger partial charge in [-0.3, -0.25) is 4.79 Å². The van der Waals surface area contributed by atoms with Crippen LogP contribution in [-0.4, -0.2) is 30.1 Å². The number of hydrogen-bond acceptors (Lipinski definition) is 4. The number of ether oxygens (including phenoxy) is 1. The molecule has 0 heterocycles. The fraction of sp³-hybridized carbons (Fsp3) is 0.222. The van der Waals surface area contributed by atoms with Crippen LogP contribution in [0.2, 0.25) is 0 Å². The lowest BCUT2D eigenvalue weighted by atomic mass is 10.2. The Bertz CT molecular complexity index is 855. The minimum absolute atomic E-state index is 0.0176. The molecule has 0 aliphatic rings. The van der Waals surface area contributed by atoms with Crippen molar-refractivity contribution in [3.8, 4) is 5.75 Å². The number of carbonyl (C=O) groups excluding carboxylic acids is 1. The second-order valence-corrected chi connectivity index (χ2v) is 6.52. The number of carbonyl (C=O) groups is 2. The molecular formula is C18H15BrF3NO4. The first-order valence-corrected chi connectivity index (χ1v) is 8.44. The van der Waals surface area contributed by atoms with Gasteiger partial charge in [0.25, 0.3) is 0 Å². The Balaban J connectivity index is 2.24. The van der Waals surface area contributed by atoms with Gasteiger partial charge < -0.3 is 14.7 Å². The van der Waals surface area contributed by atoms with Crippen LogP contribution >= 0.6 is 15.9 Å². The van der Waals surface area contributed by atoms with E-state index in [-0.39, 0.29) is 34.8 Å². The third kappa shape index (κ3) is 5.72. The first kappa shape index (κ1) is 20.8. The molecule has 0 amide bonds. The maximum Gasteiger partial charge on any atom is 0.417 e. The van der Waals surface area contributed by atoms with Crippen molar-refractivity contribution in [2.45, 2.75) is 13.1 Å². The summed E-state index contributed by atoms with van der Waals surface area (Å²) in [4.78, 5) is 24.1. The lowest BCUT2D eigenvalue weighted by Gasteiger charge is -2.24. The van der Waals surface area contributed by atoms with Gasteiger partial charge in [-0.05, 0) is 43.3 Å². The van der Waals surface area contributed by atoms with Crippen molar-refractivity contribution in [2.75, 3.05) is 18.2 Å². The predicted molar refractivity (Wildman–Crippen MR) is 96.1 cm³/mol. The number of anilines is 1. The number of carboxylic acids is 1. The average molecular weight is 446 g/mol. The van der Waals surface area contributed by atoms with Gasteiger partial charge in [0.05, 0.1) is 17.7 Å². The van der Waals surface area contributed by atoms with Gasteiger partial charge in [0.15, 0.2) is 6.73 Å². The number of benzene rings is 2. The van der Waals surface area contributed by atoms with Gasteiger partial charge in [0, 0.05) is 10.2 Å². The van der Waals surface area contributed by atoms with Crippen molar-refractivity contribution in [1.29, 1.82) is 0 Å². The Kier molecular flexibility index (Phi) is 6.48. The molecule has 0 radical (unpaired) electrons. The molecule has 0 atom stereocenters. The highest BCUT2D eigenvalue weighted by Gasteiger charge is 2.33. The zero-order valence-electron chi connectivity index (χ0n) is 14.1. The second kappa shape index (κ2) is 8.43. The highest BCUT2D eigenvalue weighted by atomic mass is 79.9. The molecule has 144 valence electrons. The molecule has 27 heavy (non-hydrogen) atoms. The van der Waals surface area contributed by atoms with Gasteiger partial charge in [0.1, 0.15) is 11.5 Å². The monoisotopic (exact) mass is 445 g/mol. The number of halogens is 4. The first-order valence-electron chi connectivity index (χ1n) is 7.65. The first-order chi connectivity index (χ1) is 12.6. The molecule has 2 aromatic rings. The molecule has 0 saturated carbocycles. The maximum atomic E-state index is 13.0. The molecule has 0 spiro atoms. The molecular weight excluding hydrogens is 431 g/mol. The van der Waals surface area contributed by atoms with E-state index in [0.717, 1.165) is 6.07 Å². The van der Waals surface area contributed by atoms with E-state index in [1.807, 2.05) is 0 Å². The Morgan fingerprint density at radius 3 is 2.48 bits per heavy atom. The Morgan fingerprint density at radius 1 is 1.19 bits per heavy atom. The SMILES string of the molecule is CC(=O)CN(COc1ccc(Br)c(C(F)(F)F)c1)c1cccc(C(=O)O)c1. The number of alkyl halides is 3. The van der Waals surface area contributed by atoms with Crippen LogP contribution in [0.25, 0.3) is 0 Å². The van der Waals surface area contributed by atoms with Crippen LogP contribution in [0, 0.1) is 0 Å². The van der Waals surface area contributed by atoms with E-state index in [0.29, 0.717) is 5.69 Å². The van der Waals surface area contributed by atoms with Crippen molar-refractivity contribution in [2.24, 2.45) is 0 Å². The number of carboxylic acid groups (broad SMARTS) is 1. The number of aromatic carboxylic acids is 1. The summed E-state index contributed by atoms with van der Waals surface area (Å²) in [6.07, 6.45) is -4.55. The van der Waals surface area contributed by atoms with Crippen LogP contribution < -0.4 is 9.64 Å². The maximum absolute atomic E-state index is 13.0. The van der Waals surface area contributed by atoms with Gasteiger partial charge in [-0.1, -0.05) is 22.0 Å². The van der Waals surface area contributed by atoms with Gasteiger partial charge >= 0.3 is 12.1 Å². The summed E-state index contributed by atoms with van der Waals surface area (Å²) in [6.45, 7) is 1.02. The molecule has 5 nitrogen and oxygen atoms in total. The average Bonchev–Trinajstić information content (AvgIpc) is 2.58. The van der Waals surface area contributed by atoms with Gasteiger partial charge in [0.2, 0.25) is 0 Å². The Hall–Kier alpha value is -2.55. The highest BCUT2D eigenvalue weighted by molar-refractivity contribution is 9.10. The molecule has 0 aromatic heterocycles. The summed E-state index contributed by atoms with van der Waals surface area (Å²) >= 11 is 2.85. The predicted octanol–water partition coefficient (Wildman–Crippen LogP) is 4.60. The Morgan fingerprint density at radius 2 is 1.89 bits per heavy atom. The highest BCUT2D eigenvalue weighted by Crippen LogP contribution is 2.37. The Labute approximate surface area is 161 Å². The number of Topliss-reactive ketones (excluding diaryl/α,β-unsaturated/α-hetero) is 1. The van der Waals surface area contributed by atoms with Crippen LogP contribution in [0.3, 0.4) is 0 Å². The van der Waals surface area contributed by atoms with E-state index in [2.05, 4.69) is 15.9 Å². The van der Waals surface area contributed by atoms with E-state index in [1.165, 1.54) is 42.2 Å². The van der Waals surface area contributed by atoms with Crippen LogP contribution in [0.1, 0.15) is 22.8 Å². The van der Waals surface area contributed by atoms with E-state index >= 15 is 0 Å². The molecule has 0 fully saturated rings. The minimum Gasteiger partial charge on any atom is -0.478 e. The quantitative estimate of drug-likeness (QED) is 0.630. The van der Waals surface area contributed by atoms with E-state index in [9.17, 15) is 22.8 Å². The smallest absolute Gasteiger partial charge is 0.417 e. The summed E-state index contributed by atoms with van der Waals surface area (Å²) in [5.41, 5.74) is -0.465. The van der Waals surface area contributed by atoms with Crippen LogP contribution in [0.15, 0.2) is 46.9 Å². The summed E-state index contributed by atoms with van der Waals surface area (Å²) in [6, 6.07) is 9.27. The van der Waals surface area contributed by atoms with E-state index < -0.39 is 17.7 Å². The second-order valence-electron chi connectivity index (χ2n) is 5.67. The summed E-state index contributed by atoms with van der Waals surface area (Å²) in [5, 5.41) is 9.09. The van der Waals surface area contributed by atoms with Crippen molar-refractivity contribution >= 4 is 33.4 Å². The van der Waals surface area contributed by atoms with Crippen molar-refractivity contribution in [1.82, 2.24) is 0 Å². The third-order valence-electron chi connectivity index (χ3n) is 3.50. The number of ketones is 1. The standard InChI is InChI=1S/C18H15BrF3NO4/c1-11(24)9-23(13-4-2-3-12(7-13)17(25)26)10-27-14-5-6-16(19)15(8-14)18(20,21)22/h2-8H,9-10H2,1H3,(H,25,26). The summed E-state index contributed by atoms with van der Waals surface area (Å²) in [5.74, 6) is -1.39. The van der Waals surface area contributed by atoms with Crippen LogP contribution in [0.4, 0.5) is 18.9 Å². The number of hydrogen-bond donors (Lipinski definition) is 1. The molecule has 9 heteroatoms. The third-order valence-corrected chi connectivity index (χ3v) is 4.19. The largest absolute Gasteiger partial charge is 0.478 e. The summed E-state index contributed by atoms with van der Waals surface area (Å²) in [7, 11) is 0. The fourth-order valence-corrected chi connectivity index (χ4v) is 2.75. The van der Waals surface area contributed by atoms with Gasteiger partial charge in [-0.15, -0.1) is 0 Å². The van der Waals surface area contributed by atoms with Crippen LogP contribution in [0.5, 0.6) is 5.75 Å². The molecule has 2 aromatic carbocycles.